The second-order valence-corrected chi connectivity index (χ2v) is 5.39. The summed E-state index contributed by atoms with van der Waals surface area (Å²) in [5.41, 5.74) is 0. The van der Waals surface area contributed by atoms with Crippen molar-refractivity contribution in [1.29, 1.82) is 0 Å². The molecule has 0 amide bonds. The number of aliphatic hydroxyl groups is 1. The normalized spacial score (nSPS) is 23.2. The third-order valence-corrected chi connectivity index (χ3v) is 4.00. The Bertz CT molecular complexity index is 313. The molecular weight excluding hydrogens is 208 g/mol. The van der Waals surface area contributed by atoms with Gasteiger partial charge >= 0.3 is 0 Å². The molecule has 0 radical (unpaired) electrons. The molecule has 0 spiro atoms. The molecule has 0 bridgehead atoms. The first kappa shape index (κ1) is 11.0. The molecule has 1 atom stereocenters. The van der Waals surface area contributed by atoms with Crippen LogP contribution in [0.3, 0.4) is 0 Å². The first-order valence-corrected chi connectivity index (χ1v) is 6.39. The molecule has 1 N–H and O–H groups in total. The fourth-order valence-electron chi connectivity index (χ4n) is 2.06. The molecule has 1 saturated heterocycles. The largest absolute Gasteiger partial charge is 0.391 e. The molecule has 1 aliphatic rings. The fraction of sp³-hybridized carbons (Fsp3) is 0.727. The van der Waals surface area contributed by atoms with Gasteiger partial charge in [-0.2, -0.15) is 0 Å². The highest BCUT2D eigenvalue weighted by atomic mass is 32.1. The van der Waals surface area contributed by atoms with E-state index in [9.17, 15) is 0 Å². The number of hydrogen-bond acceptors (Lipinski definition) is 4. The van der Waals surface area contributed by atoms with Gasteiger partial charge in [0.25, 0.3) is 0 Å². The summed E-state index contributed by atoms with van der Waals surface area (Å²) in [7, 11) is 0. The van der Waals surface area contributed by atoms with Crippen LogP contribution in [0.2, 0.25) is 0 Å². The maximum atomic E-state index is 8.97. The Balaban J connectivity index is 1.95. The molecule has 3 nitrogen and oxygen atoms in total. The van der Waals surface area contributed by atoms with Crippen LogP contribution in [0.4, 0.5) is 0 Å². The van der Waals surface area contributed by atoms with Crippen LogP contribution in [-0.2, 0) is 13.2 Å². The summed E-state index contributed by atoms with van der Waals surface area (Å²) in [6, 6.07) is 0.681. The monoisotopic (exact) mass is 226 g/mol. The van der Waals surface area contributed by atoms with Gasteiger partial charge in [0.1, 0.15) is 5.01 Å². The second-order valence-electron chi connectivity index (χ2n) is 4.19. The van der Waals surface area contributed by atoms with Crippen molar-refractivity contribution in [2.24, 2.45) is 0 Å². The smallest absolute Gasteiger partial charge is 0.107 e. The van der Waals surface area contributed by atoms with Crippen LogP contribution in [-0.4, -0.2) is 27.6 Å². The summed E-state index contributed by atoms with van der Waals surface area (Å²) < 4.78 is 0. The molecule has 15 heavy (non-hydrogen) atoms. The lowest BCUT2D eigenvalue weighted by molar-refractivity contribution is 0.152. The van der Waals surface area contributed by atoms with E-state index in [4.69, 9.17) is 5.11 Å². The van der Waals surface area contributed by atoms with Crippen molar-refractivity contribution in [2.75, 3.05) is 6.54 Å². The Kier molecular flexibility index (Phi) is 3.72. The molecular formula is C11H18N2OS. The summed E-state index contributed by atoms with van der Waals surface area (Å²) in [6.45, 7) is 4.55. The zero-order valence-corrected chi connectivity index (χ0v) is 9.96. The fourth-order valence-corrected chi connectivity index (χ4v) is 2.87. The van der Waals surface area contributed by atoms with Crippen molar-refractivity contribution in [3.05, 3.63) is 16.1 Å². The molecule has 1 aromatic rings. The predicted octanol–water partition coefficient (Wildman–Crippen LogP) is 2.01. The second kappa shape index (κ2) is 5.05. The molecule has 0 aromatic carbocycles. The number of hydrogen-bond donors (Lipinski definition) is 1. The highest BCUT2D eigenvalue weighted by Gasteiger charge is 2.19. The van der Waals surface area contributed by atoms with Crippen LogP contribution in [0.15, 0.2) is 6.20 Å². The number of nitrogens with zero attached hydrogens (tertiary/aromatic N) is 2. The summed E-state index contributed by atoms with van der Waals surface area (Å²) >= 11 is 1.63. The lowest BCUT2D eigenvalue weighted by atomic mass is 10.0. The Morgan fingerprint density at radius 2 is 2.47 bits per heavy atom. The predicted molar refractivity (Wildman–Crippen MR) is 61.8 cm³/mol. The van der Waals surface area contributed by atoms with Crippen molar-refractivity contribution < 1.29 is 5.11 Å². The van der Waals surface area contributed by atoms with E-state index in [1.807, 2.05) is 0 Å². The van der Waals surface area contributed by atoms with Gasteiger partial charge in [0, 0.05) is 12.2 Å². The third-order valence-electron chi connectivity index (χ3n) is 3.04. The van der Waals surface area contributed by atoms with Crippen LogP contribution >= 0.6 is 11.3 Å². The van der Waals surface area contributed by atoms with Crippen LogP contribution in [0, 0.1) is 0 Å². The van der Waals surface area contributed by atoms with Crippen LogP contribution < -0.4 is 0 Å². The standard InChI is InChI=1S/C11H18N2OS/c1-9-4-2-3-5-13(9)7-11-12-6-10(8-14)15-11/h6,9,14H,2-5,7-8H2,1H3. The maximum Gasteiger partial charge on any atom is 0.107 e. The molecule has 1 aliphatic heterocycles. The van der Waals surface area contributed by atoms with Gasteiger partial charge in [0.05, 0.1) is 18.0 Å². The quantitative estimate of drug-likeness (QED) is 0.856. The van der Waals surface area contributed by atoms with Gasteiger partial charge in [0.15, 0.2) is 0 Å². The van der Waals surface area contributed by atoms with Gasteiger partial charge < -0.3 is 5.11 Å². The van der Waals surface area contributed by atoms with Crippen molar-refractivity contribution in [2.45, 2.75) is 45.4 Å². The zero-order valence-electron chi connectivity index (χ0n) is 9.15. The van der Waals surface area contributed by atoms with E-state index < -0.39 is 0 Å². The van der Waals surface area contributed by atoms with E-state index >= 15 is 0 Å². The highest BCUT2D eigenvalue weighted by Crippen LogP contribution is 2.21. The molecule has 0 aliphatic carbocycles. The van der Waals surface area contributed by atoms with Gasteiger partial charge in [-0.15, -0.1) is 11.3 Å². The minimum absolute atomic E-state index is 0.118. The first-order valence-electron chi connectivity index (χ1n) is 5.58. The average Bonchev–Trinajstić information content (AvgIpc) is 2.69. The lowest BCUT2D eigenvalue weighted by Crippen LogP contribution is -2.36. The third kappa shape index (κ3) is 2.77. The minimum atomic E-state index is 0.118. The molecule has 2 rings (SSSR count). The van der Waals surface area contributed by atoms with Gasteiger partial charge in [-0.25, -0.2) is 4.98 Å². The van der Waals surface area contributed by atoms with E-state index in [1.165, 1.54) is 25.8 Å². The van der Waals surface area contributed by atoms with Crippen LogP contribution in [0.25, 0.3) is 0 Å². The Morgan fingerprint density at radius 3 is 3.13 bits per heavy atom. The van der Waals surface area contributed by atoms with E-state index in [2.05, 4.69) is 16.8 Å². The number of aromatic nitrogens is 1. The maximum absolute atomic E-state index is 8.97. The highest BCUT2D eigenvalue weighted by molar-refractivity contribution is 7.11. The number of piperidine rings is 1. The summed E-state index contributed by atoms with van der Waals surface area (Å²) in [6.07, 6.45) is 5.76. The summed E-state index contributed by atoms with van der Waals surface area (Å²) in [4.78, 5) is 7.79. The van der Waals surface area contributed by atoms with Crippen molar-refractivity contribution in [3.8, 4) is 0 Å². The molecule has 1 unspecified atom stereocenters. The number of likely N-dealkylation sites (tertiary alicyclic amines) is 1. The zero-order chi connectivity index (χ0) is 10.7. The van der Waals surface area contributed by atoms with Gasteiger partial charge in [0.2, 0.25) is 0 Å². The van der Waals surface area contributed by atoms with Gasteiger partial charge in [-0.1, -0.05) is 6.42 Å². The lowest BCUT2D eigenvalue weighted by Gasteiger charge is -2.32. The number of rotatable bonds is 3. The van der Waals surface area contributed by atoms with Gasteiger partial charge in [-0.3, -0.25) is 4.90 Å². The van der Waals surface area contributed by atoms with E-state index in [-0.39, 0.29) is 6.61 Å². The van der Waals surface area contributed by atoms with Crippen LogP contribution in [0.1, 0.15) is 36.1 Å². The molecule has 1 fully saturated rings. The first-order chi connectivity index (χ1) is 7.29. The van der Waals surface area contributed by atoms with Gasteiger partial charge in [-0.05, 0) is 26.3 Å². The van der Waals surface area contributed by atoms with E-state index in [1.54, 1.807) is 17.5 Å². The van der Waals surface area contributed by atoms with E-state index in [0.717, 1.165) is 16.4 Å². The van der Waals surface area contributed by atoms with Crippen molar-refractivity contribution in [3.63, 3.8) is 0 Å². The number of aliphatic hydroxyl groups excluding tert-OH is 1. The molecule has 84 valence electrons. The average molecular weight is 226 g/mol. The molecule has 0 saturated carbocycles. The van der Waals surface area contributed by atoms with Crippen LogP contribution in [0.5, 0.6) is 0 Å². The molecule has 2 heterocycles. The summed E-state index contributed by atoms with van der Waals surface area (Å²) in [5.74, 6) is 0. The van der Waals surface area contributed by atoms with Crippen molar-refractivity contribution >= 4 is 11.3 Å². The molecule has 4 heteroatoms. The van der Waals surface area contributed by atoms with E-state index in [0.29, 0.717) is 6.04 Å². The van der Waals surface area contributed by atoms with Crippen molar-refractivity contribution in [1.82, 2.24) is 9.88 Å². The topological polar surface area (TPSA) is 36.4 Å². The molecule has 1 aromatic heterocycles. The Morgan fingerprint density at radius 1 is 1.60 bits per heavy atom. The summed E-state index contributed by atoms with van der Waals surface area (Å²) in [5, 5.41) is 10.1. The SMILES string of the molecule is CC1CCCCN1Cc1ncc(CO)s1. The Hall–Kier alpha value is -0.450. The number of thiazole rings is 1. The Labute approximate surface area is 94.8 Å². The minimum Gasteiger partial charge on any atom is -0.391 e.